The van der Waals surface area contributed by atoms with Crippen LogP contribution in [-0.4, -0.2) is 57.0 Å². The number of carbonyl (C=O) groups excluding carboxylic acids is 1. The first kappa shape index (κ1) is 32.8. The van der Waals surface area contributed by atoms with Crippen LogP contribution >= 0.6 is 0 Å². The quantitative estimate of drug-likeness (QED) is 0.173. The van der Waals surface area contributed by atoms with Gasteiger partial charge in [-0.15, -0.1) is 0 Å². The Kier molecular flexibility index (Phi) is 10.7. The number of carboxylic acid groups (broad SMARTS) is 2. The fraction of sp³-hybridized carbons (Fsp3) is 0.312. The first-order valence-corrected chi connectivity index (χ1v) is 14.2. The molecular weight excluding hydrogens is 595 g/mol. The van der Waals surface area contributed by atoms with Crippen LogP contribution in [0, 0.1) is 0 Å². The molecule has 1 aliphatic rings. The van der Waals surface area contributed by atoms with Gasteiger partial charge < -0.3 is 30.0 Å². The number of hydrogen-bond donors (Lipinski definition) is 4. The smallest absolute Gasteiger partial charge is 0.480 e. The second kappa shape index (κ2) is 14.6. The molecule has 1 aromatic heterocycles. The Morgan fingerprint density at radius 1 is 1.00 bits per heavy atom. The summed E-state index contributed by atoms with van der Waals surface area (Å²) in [5, 5.41) is 22.0. The van der Waals surface area contributed by atoms with E-state index in [0.29, 0.717) is 23.5 Å². The van der Waals surface area contributed by atoms with Gasteiger partial charge >= 0.3 is 18.1 Å². The predicted octanol–water partition coefficient (Wildman–Crippen LogP) is 5.41. The molecule has 2 heterocycles. The van der Waals surface area contributed by atoms with Gasteiger partial charge in [0.1, 0.15) is 11.9 Å². The molecule has 2 atom stereocenters. The first-order valence-electron chi connectivity index (χ1n) is 14.2. The fourth-order valence-corrected chi connectivity index (χ4v) is 4.86. The van der Waals surface area contributed by atoms with E-state index in [2.05, 4.69) is 22.2 Å². The number of alkyl halides is 3. The fourth-order valence-electron chi connectivity index (χ4n) is 4.86. The average Bonchev–Trinajstić information content (AvgIpc) is 3.67. The van der Waals surface area contributed by atoms with Gasteiger partial charge in [0.2, 0.25) is 12.7 Å². The number of amides is 1. The predicted molar refractivity (Wildman–Crippen MR) is 157 cm³/mol. The molecule has 45 heavy (non-hydrogen) atoms. The van der Waals surface area contributed by atoms with Crippen LogP contribution in [0.2, 0.25) is 0 Å². The lowest BCUT2D eigenvalue weighted by Crippen LogP contribution is -2.44. The summed E-state index contributed by atoms with van der Waals surface area (Å²) in [4.78, 5) is 42.7. The van der Waals surface area contributed by atoms with Crippen LogP contribution in [0.4, 0.5) is 13.2 Å². The highest BCUT2D eigenvalue weighted by molar-refractivity contribution is 5.90. The lowest BCUT2D eigenvalue weighted by molar-refractivity contribution is -0.192. The zero-order chi connectivity index (χ0) is 32.6. The highest BCUT2D eigenvalue weighted by atomic mass is 19.4. The molecule has 4 N–H and O–H groups in total. The van der Waals surface area contributed by atoms with E-state index in [1.54, 1.807) is 18.3 Å². The van der Waals surface area contributed by atoms with Crippen molar-refractivity contribution in [2.45, 2.75) is 57.2 Å². The minimum atomic E-state index is -5.08. The number of nitrogens with zero attached hydrogens (tertiary/aromatic N) is 1. The van der Waals surface area contributed by atoms with Gasteiger partial charge in [0.15, 0.2) is 11.5 Å². The van der Waals surface area contributed by atoms with Crippen molar-refractivity contribution in [3.63, 3.8) is 0 Å². The third-order valence-corrected chi connectivity index (χ3v) is 7.15. The Balaban J connectivity index is 0.000000591. The van der Waals surface area contributed by atoms with Crippen LogP contribution in [0.3, 0.4) is 0 Å². The van der Waals surface area contributed by atoms with Crippen molar-refractivity contribution in [1.82, 2.24) is 15.3 Å². The number of aromatic nitrogens is 2. The lowest BCUT2D eigenvalue weighted by atomic mass is 9.92. The maximum absolute atomic E-state index is 13.7. The van der Waals surface area contributed by atoms with E-state index in [0.717, 1.165) is 47.1 Å². The Labute approximate surface area is 256 Å². The van der Waals surface area contributed by atoms with Crippen molar-refractivity contribution in [2.75, 3.05) is 6.79 Å². The number of H-pyrrole nitrogens is 1. The molecular formula is C32H32F3N3O7. The topological polar surface area (TPSA) is 151 Å². The molecule has 10 nitrogen and oxygen atoms in total. The minimum Gasteiger partial charge on any atom is -0.480 e. The van der Waals surface area contributed by atoms with Gasteiger partial charge in [-0.1, -0.05) is 61.9 Å². The van der Waals surface area contributed by atoms with E-state index in [9.17, 15) is 27.9 Å². The van der Waals surface area contributed by atoms with Gasteiger partial charge in [-0.05, 0) is 40.5 Å². The molecule has 0 saturated heterocycles. The number of imidazole rings is 1. The highest BCUT2D eigenvalue weighted by Gasteiger charge is 2.38. The van der Waals surface area contributed by atoms with E-state index >= 15 is 0 Å². The number of aliphatic carboxylic acids is 2. The van der Waals surface area contributed by atoms with Gasteiger partial charge in [0.05, 0.1) is 5.92 Å². The molecule has 0 fully saturated rings. The van der Waals surface area contributed by atoms with E-state index in [4.69, 9.17) is 19.4 Å². The van der Waals surface area contributed by atoms with E-state index in [-0.39, 0.29) is 19.1 Å². The molecule has 0 saturated carbocycles. The molecule has 4 aromatic rings. The number of unbranched alkanes of at least 4 members (excludes halogenated alkanes) is 1. The minimum absolute atomic E-state index is 0.128. The molecule has 238 valence electrons. The molecule has 1 amide bonds. The lowest BCUT2D eigenvalue weighted by Gasteiger charge is -2.21. The maximum atomic E-state index is 13.7. The Bertz CT molecular complexity index is 1650. The number of fused-ring (bicyclic) bond motifs is 2. The van der Waals surface area contributed by atoms with Gasteiger partial charge in [0, 0.05) is 31.2 Å². The standard InChI is InChI=1S/C30H31N3O5.C2HF3O2/c1-2-3-11-28-31-17-22(32-28)16-24(21-12-13-26-27(15-21)38-18-37-26)29(34)33-25(30(35)36)14-20-9-6-8-19-7-4-5-10-23(19)20;3-2(4,5)1(6)7/h4-10,12-13,15,17,24-25H,2-3,11,14,16,18H2,1H3,(H,31,32)(H,33,34)(H,35,36);(H,6,7)/t24-,25-;/m0./s1. The van der Waals surface area contributed by atoms with Crippen molar-refractivity contribution in [3.8, 4) is 11.5 Å². The Morgan fingerprint density at radius 3 is 2.42 bits per heavy atom. The van der Waals surface area contributed by atoms with Crippen molar-refractivity contribution < 1.29 is 47.2 Å². The molecule has 0 unspecified atom stereocenters. The highest BCUT2D eigenvalue weighted by Crippen LogP contribution is 2.35. The molecule has 3 aromatic carbocycles. The Hall–Kier alpha value is -5.07. The number of benzene rings is 3. The monoisotopic (exact) mass is 627 g/mol. The van der Waals surface area contributed by atoms with Crippen molar-refractivity contribution >= 4 is 28.6 Å². The van der Waals surface area contributed by atoms with E-state index in [1.165, 1.54) is 0 Å². The summed E-state index contributed by atoms with van der Waals surface area (Å²) in [5.74, 6) is -2.80. The normalized spacial score (nSPS) is 13.4. The molecule has 0 radical (unpaired) electrons. The number of aryl methyl sites for hydroxylation is 1. The van der Waals surface area contributed by atoms with Crippen LogP contribution in [0.25, 0.3) is 10.8 Å². The molecule has 0 bridgehead atoms. The molecule has 13 heteroatoms. The number of halogens is 3. The zero-order valence-corrected chi connectivity index (χ0v) is 24.3. The summed E-state index contributed by atoms with van der Waals surface area (Å²) >= 11 is 0. The van der Waals surface area contributed by atoms with Crippen LogP contribution in [-0.2, 0) is 33.6 Å². The number of carbonyl (C=O) groups is 3. The van der Waals surface area contributed by atoms with E-state index < -0.39 is 30.1 Å². The third kappa shape index (κ3) is 8.74. The summed E-state index contributed by atoms with van der Waals surface area (Å²) in [6.07, 6.45) is 0.0955. The third-order valence-electron chi connectivity index (χ3n) is 7.15. The van der Waals surface area contributed by atoms with Crippen molar-refractivity contribution in [3.05, 3.63) is 89.5 Å². The molecule has 5 rings (SSSR count). The summed E-state index contributed by atoms with van der Waals surface area (Å²) < 4.78 is 42.7. The number of carboxylic acids is 2. The Morgan fingerprint density at radius 2 is 1.71 bits per heavy atom. The van der Waals surface area contributed by atoms with Crippen LogP contribution in [0.5, 0.6) is 11.5 Å². The second-order valence-corrected chi connectivity index (χ2v) is 10.4. The number of rotatable bonds is 11. The first-order chi connectivity index (χ1) is 21.5. The van der Waals surface area contributed by atoms with Crippen LogP contribution in [0.1, 0.15) is 48.3 Å². The van der Waals surface area contributed by atoms with Gasteiger partial charge in [0.25, 0.3) is 0 Å². The summed E-state index contributed by atoms with van der Waals surface area (Å²) in [6.45, 7) is 2.25. The molecule has 0 spiro atoms. The second-order valence-electron chi connectivity index (χ2n) is 10.4. The number of ether oxygens (including phenoxy) is 2. The average molecular weight is 628 g/mol. The maximum Gasteiger partial charge on any atom is 0.490 e. The van der Waals surface area contributed by atoms with Gasteiger partial charge in [-0.3, -0.25) is 4.79 Å². The van der Waals surface area contributed by atoms with Crippen LogP contribution < -0.4 is 14.8 Å². The number of nitrogens with one attached hydrogen (secondary N) is 2. The molecule has 0 aliphatic carbocycles. The zero-order valence-electron chi connectivity index (χ0n) is 24.3. The largest absolute Gasteiger partial charge is 0.490 e. The van der Waals surface area contributed by atoms with Gasteiger partial charge in [-0.2, -0.15) is 13.2 Å². The summed E-state index contributed by atoms with van der Waals surface area (Å²) in [5.41, 5.74) is 2.39. The number of hydrogen-bond acceptors (Lipinski definition) is 6. The van der Waals surface area contributed by atoms with E-state index in [1.807, 2.05) is 48.5 Å². The summed E-state index contributed by atoms with van der Waals surface area (Å²) in [6, 6.07) is 17.9. The van der Waals surface area contributed by atoms with Crippen LogP contribution in [0.15, 0.2) is 66.9 Å². The molecule has 1 aliphatic heterocycles. The van der Waals surface area contributed by atoms with Gasteiger partial charge in [-0.25, -0.2) is 14.6 Å². The van der Waals surface area contributed by atoms with Crippen molar-refractivity contribution in [1.29, 1.82) is 0 Å². The van der Waals surface area contributed by atoms with Crippen molar-refractivity contribution in [2.24, 2.45) is 0 Å². The number of aromatic amines is 1. The SMILES string of the molecule is CCCCc1ncc(C[C@H](C(=O)N[C@@H](Cc2cccc3ccccc23)C(=O)O)c2ccc3c(c2)OCO3)[nH]1.O=C(O)C(F)(F)F. The summed E-state index contributed by atoms with van der Waals surface area (Å²) in [7, 11) is 0.